The number of carbonyl (C=O) groups excluding carboxylic acids is 2. The van der Waals surface area contributed by atoms with Gasteiger partial charge >= 0.3 is 0 Å². The normalized spacial score (nSPS) is 10.4. The molecular weight excluding hydrogens is 336 g/mol. The fraction of sp³-hybridized carbons (Fsp3) is 0.300. The summed E-state index contributed by atoms with van der Waals surface area (Å²) in [6.07, 6.45) is 0.334. The van der Waals surface area contributed by atoms with Crippen molar-refractivity contribution in [1.29, 1.82) is 0 Å². The Kier molecular flexibility index (Phi) is 6.59. The molecule has 2 aromatic carbocycles. The largest absolute Gasteiger partial charge is 0.354 e. The molecule has 0 aliphatic rings. The molecule has 2 aromatic rings. The summed E-state index contributed by atoms with van der Waals surface area (Å²) < 4.78 is 0. The van der Waals surface area contributed by atoms with Gasteiger partial charge in [0.2, 0.25) is 11.8 Å². The maximum absolute atomic E-state index is 12.1. The summed E-state index contributed by atoms with van der Waals surface area (Å²) in [6.45, 7) is 6.25. The van der Waals surface area contributed by atoms with Gasteiger partial charge in [0.25, 0.3) is 0 Å². The predicted octanol–water partition coefficient (Wildman–Crippen LogP) is 3.67. The lowest BCUT2D eigenvalue weighted by Gasteiger charge is -2.23. The van der Waals surface area contributed by atoms with Crippen molar-refractivity contribution in [1.82, 2.24) is 5.32 Å². The van der Waals surface area contributed by atoms with Crippen molar-refractivity contribution < 1.29 is 9.59 Å². The molecule has 2 rings (SSSR count). The Morgan fingerprint density at radius 3 is 2.36 bits per heavy atom. The Bertz CT molecular complexity index is 757. The Morgan fingerprint density at radius 2 is 1.76 bits per heavy atom. The van der Waals surface area contributed by atoms with Crippen LogP contribution >= 0.6 is 11.6 Å². The molecule has 25 heavy (non-hydrogen) atoms. The molecule has 0 radical (unpaired) electrons. The number of aryl methyl sites for hydroxylation is 2. The lowest BCUT2D eigenvalue weighted by molar-refractivity contribution is -0.121. The number of carbonyl (C=O) groups is 2. The average molecular weight is 359 g/mol. The first-order chi connectivity index (χ1) is 11.9. The topological polar surface area (TPSA) is 49.4 Å². The van der Waals surface area contributed by atoms with Gasteiger partial charge in [-0.2, -0.15) is 0 Å². The molecule has 0 saturated carbocycles. The molecule has 0 aliphatic carbocycles. The minimum atomic E-state index is -0.0711. The van der Waals surface area contributed by atoms with Gasteiger partial charge in [0.1, 0.15) is 0 Å². The smallest absolute Gasteiger partial charge is 0.224 e. The highest BCUT2D eigenvalue weighted by Crippen LogP contribution is 2.23. The van der Waals surface area contributed by atoms with Gasteiger partial charge in [0.05, 0.1) is 6.42 Å². The first kappa shape index (κ1) is 19.0. The summed E-state index contributed by atoms with van der Waals surface area (Å²) >= 11 is 5.97. The van der Waals surface area contributed by atoms with Gasteiger partial charge in [-0.1, -0.05) is 41.4 Å². The van der Waals surface area contributed by atoms with Gasteiger partial charge < -0.3 is 10.2 Å². The maximum atomic E-state index is 12.1. The number of hydrogen-bond acceptors (Lipinski definition) is 2. The van der Waals surface area contributed by atoms with Crippen molar-refractivity contribution in [2.24, 2.45) is 0 Å². The third kappa shape index (κ3) is 5.61. The number of hydrogen-bond donors (Lipinski definition) is 1. The van der Waals surface area contributed by atoms with E-state index in [2.05, 4.69) is 5.32 Å². The van der Waals surface area contributed by atoms with Crippen LogP contribution in [0.2, 0.25) is 5.02 Å². The van der Waals surface area contributed by atoms with Crippen LogP contribution in [0.25, 0.3) is 0 Å². The highest BCUT2D eigenvalue weighted by Gasteiger charge is 2.14. The van der Waals surface area contributed by atoms with E-state index in [0.29, 0.717) is 24.5 Å². The van der Waals surface area contributed by atoms with Crippen molar-refractivity contribution in [3.8, 4) is 0 Å². The van der Waals surface area contributed by atoms with Gasteiger partial charge in [-0.15, -0.1) is 0 Å². The molecule has 0 spiro atoms. The third-order valence-electron chi connectivity index (χ3n) is 3.97. The zero-order chi connectivity index (χ0) is 18.4. The maximum Gasteiger partial charge on any atom is 0.224 e. The fourth-order valence-electron chi connectivity index (χ4n) is 2.63. The van der Waals surface area contributed by atoms with Gasteiger partial charge in [-0.3, -0.25) is 9.59 Å². The second-order valence-corrected chi connectivity index (χ2v) is 6.55. The molecule has 132 valence electrons. The van der Waals surface area contributed by atoms with Gasteiger partial charge in [-0.05, 0) is 43.2 Å². The van der Waals surface area contributed by atoms with E-state index < -0.39 is 0 Å². The predicted molar refractivity (Wildman–Crippen MR) is 102 cm³/mol. The van der Waals surface area contributed by atoms with Crippen molar-refractivity contribution in [2.45, 2.75) is 27.2 Å². The summed E-state index contributed by atoms with van der Waals surface area (Å²) in [5.41, 5.74) is 3.87. The summed E-state index contributed by atoms with van der Waals surface area (Å²) in [4.78, 5) is 25.7. The van der Waals surface area contributed by atoms with Crippen LogP contribution in [-0.4, -0.2) is 24.9 Å². The van der Waals surface area contributed by atoms with Crippen molar-refractivity contribution in [3.05, 3.63) is 64.2 Å². The zero-order valence-corrected chi connectivity index (χ0v) is 15.6. The number of benzene rings is 2. The minimum Gasteiger partial charge on any atom is -0.354 e. The number of anilines is 1. The molecule has 0 unspecified atom stereocenters. The average Bonchev–Trinajstić information content (AvgIpc) is 2.54. The molecule has 0 bridgehead atoms. The van der Waals surface area contributed by atoms with E-state index in [0.717, 1.165) is 16.8 Å². The molecule has 0 saturated heterocycles. The number of nitrogens with zero attached hydrogens (tertiary/aromatic N) is 1. The first-order valence-corrected chi connectivity index (χ1v) is 8.61. The van der Waals surface area contributed by atoms with Crippen molar-refractivity contribution in [2.75, 3.05) is 18.0 Å². The third-order valence-corrected chi connectivity index (χ3v) is 4.21. The van der Waals surface area contributed by atoms with Crippen LogP contribution in [0.3, 0.4) is 0 Å². The lowest BCUT2D eigenvalue weighted by Crippen LogP contribution is -2.38. The monoisotopic (exact) mass is 358 g/mol. The summed E-state index contributed by atoms with van der Waals surface area (Å²) in [5.74, 6) is -0.126. The Labute approximate surface area is 153 Å². The van der Waals surface area contributed by atoms with E-state index in [1.165, 1.54) is 12.5 Å². The van der Waals surface area contributed by atoms with Crippen molar-refractivity contribution in [3.63, 3.8) is 0 Å². The quantitative estimate of drug-likeness (QED) is 0.856. The van der Waals surface area contributed by atoms with Crippen LogP contribution in [0.4, 0.5) is 5.69 Å². The van der Waals surface area contributed by atoms with Gasteiger partial charge in [0, 0.05) is 30.7 Å². The van der Waals surface area contributed by atoms with E-state index in [1.54, 1.807) is 11.0 Å². The lowest BCUT2D eigenvalue weighted by atomic mass is 10.1. The molecule has 0 aromatic heterocycles. The van der Waals surface area contributed by atoms with Gasteiger partial charge in [0.15, 0.2) is 0 Å². The number of amides is 2. The number of rotatable bonds is 6. The van der Waals surface area contributed by atoms with E-state index in [-0.39, 0.29) is 11.8 Å². The number of nitrogens with one attached hydrogen (secondary N) is 1. The van der Waals surface area contributed by atoms with Crippen LogP contribution < -0.4 is 10.2 Å². The Balaban J connectivity index is 1.92. The van der Waals surface area contributed by atoms with Crippen LogP contribution in [-0.2, 0) is 16.0 Å². The minimum absolute atomic E-state index is 0.0554. The zero-order valence-electron chi connectivity index (χ0n) is 14.8. The highest BCUT2D eigenvalue weighted by molar-refractivity contribution is 6.30. The summed E-state index contributed by atoms with van der Waals surface area (Å²) in [6, 6.07) is 13.3. The fourth-order valence-corrected chi connectivity index (χ4v) is 2.86. The summed E-state index contributed by atoms with van der Waals surface area (Å²) in [5, 5.41) is 3.51. The van der Waals surface area contributed by atoms with Crippen LogP contribution in [0, 0.1) is 13.8 Å². The van der Waals surface area contributed by atoms with Crippen LogP contribution in [0.1, 0.15) is 23.6 Å². The van der Waals surface area contributed by atoms with E-state index in [4.69, 9.17) is 11.6 Å². The molecule has 0 atom stereocenters. The molecule has 4 nitrogen and oxygen atoms in total. The molecule has 2 amide bonds. The van der Waals surface area contributed by atoms with Gasteiger partial charge in [-0.25, -0.2) is 0 Å². The molecular formula is C20H23ClN2O2. The van der Waals surface area contributed by atoms with E-state index in [9.17, 15) is 9.59 Å². The first-order valence-electron chi connectivity index (χ1n) is 8.23. The number of halogens is 1. The molecule has 1 N–H and O–H groups in total. The second kappa shape index (κ2) is 8.67. The molecule has 0 fully saturated rings. The molecule has 0 aliphatic heterocycles. The molecule has 5 heteroatoms. The van der Waals surface area contributed by atoms with E-state index in [1.807, 2.05) is 50.2 Å². The molecule has 0 heterocycles. The van der Waals surface area contributed by atoms with E-state index >= 15 is 0 Å². The Morgan fingerprint density at radius 1 is 1.08 bits per heavy atom. The second-order valence-electron chi connectivity index (χ2n) is 6.11. The van der Waals surface area contributed by atoms with Crippen molar-refractivity contribution >= 4 is 29.1 Å². The van der Waals surface area contributed by atoms with Crippen LogP contribution in [0.5, 0.6) is 0 Å². The Hall–Kier alpha value is -2.33. The standard InChI is InChI=1S/C20H23ClN2O2/c1-14-4-6-17(7-5-14)13-20(25)22-10-11-23(16(3)24)19-9-8-18(21)12-15(19)2/h4-9,12H,10-11,13H2,1-3H3,(H,22,25). The highest BCUT2D eigenvalue weighted by atomic mass is 35.5. The SMILES string of the molecule is CC(=O)N(CCNC(=O)Cc1ccc(C)cc1)c1ccc(Cl)cc1C. The summed E-state index contributed by atoms with van der Waals surface area (Å²) in [7, 11) is 0. The van der Waals surface area contributed by atoms with Crippen LogP contribution in [0.15, 0.2) is 42.5 Å².